The van der Waals surface area contributed by atoms with Gasteiger partial charge in [-0.05, 0) is 37.3 Å². The van der Waals surface area contributed by atoms with Crippen molar-refractivity contribution in [2.45, 2.75) is 43.9 Å². The molecule has 3 nitrogen and oxygen atoms in total. The highest BCUT2D eigenvalue weighted by Crippen LogP contribution is 2.40. The minimum Gasteiger partial charge on any atom is -0.375 e. The van der Waals surface area contributed by atoms with E-state index in [0.29, 0.717) is 23.1 Å². The Balaban J connectivity index is 1.68. The van der Waals surface area contributed by atoms with Crippen LogP contribution in [0, 0.1) is 5.92 Å². The topological polar surface area (TPSA) is 48.1 Å². The molecule has 2 aliphatic heterocycles. The molecular weight excluding hydrogens is 236 g/mol. The molecule has 0 amide bonds. The highest BCUT2D eigenvalue weighted by molar-refractivity contribution is 6.31. The van der Waals surface area contributed by atoms with Gasteiger partial charge in [0.1, 0.15) is 0 Å². The Morgan fingerprint density at radius 3 is 3.06 bits per heavy atom. The van der Waals surface area contributed by atoms with Crippen molar-refractivity contribution in [3.8, 4) is 0 Å². The fourth-order valence-electron chi connectivity index (χ4n) is 3.10. The zero-order valence-electron chi connectivity index (χ0n) is 9.68. The van der Waals surface area contributed by atoms with Crippen LogP contribution in [0.1, 0.15) is 24.8 Å². The Morgan fingerprint density at radius 1 is 1.53 bits per heavy atom. The third-order valence-electron chi connectivity index (χ3n) is 4.01. The second-order valence-corrected chi connectivity index (χ2v) is 5.52. The summed E-state index contributed by atoms with van der Waals surface area (Å²) in [6.07, 6.45) is 8.62. The van der Waals surface area contributed by atoms with Gasteiger partial charge in [0.15, 0.2) is 0 Å². The van der Waals surface area contributed by atoms with Crippen LogP contribution in [0.2, 0.25) is 5.02 Å². The van der Waals surface area contributed by atoms with Gasteiger partial charge >= 0.3 is 0 Å². The molecule has 1 aromatic rings. The molecule has 2 saturated heterocycles. The Bertz CT molecular complexity index is 412. The van der Waals surface area contributed by atoms with Gasteiger partial charge in [-0.25, -0.2) is 0 Å². The zero-order chi connectivity index (χ0) is 11.8. The van der Waals surface area contributed by atoms with Crippen LogP contribution in [-0.4, -0.2) is 23.2 Å². The number of hydrogen-bond donors (Lipinski definition) is 1. The summed E-state index contributed by atoms with van der Waals surface area (Å²) in [5.41, 5.74) is 7.40. The molecule has 0 spiro atoms. The standard InChI is InChI=1S/C13H17ClN2O/c14-11-7-16-4-3-8(11)5-12(15)10-6-9-1-2-13(10)17-9/h3-4,7,9-10,12-13H,1-2,5-6,15H2. The van der Waals surface area contributed by atoms with Crippen molar-refractivity contribution in [1.82, 2.24) is 4.98 Å². The van der Waals surface area contributed by atoms with E-state index < -0.39 is 0 Å². The Hall–Kier alpha value is -0.640. The van der Waals surface area contributed by atoms with Gasteiger partial charge in [-0.3, -0.25) is 4.98 Å². The Morgan fingerprint density at radius 2 is 2.41 bits per heavy atom. The monoisotopic (exact) mass is 252 g/mol. The molecule has 4 heteroatoms. The summed E-state index contributed by atoms with van der Waals surface area (Å²) in [5.74, 6) is 0.498. The van der Waals surface area contributed by atoms with Crippen LogP contribution < -0.4 is 5.73 Å². The fraction of sp³-hybridized carbons (Fsp3) is 0.615. The lowest BCUT2D eigenvalue weighted by atomic mass is 9.82. The minimum atomic E-state index is 0.144. The molecule has 92 valence electrons. The largest absolute Gasteiger partial charge is 0.375 e. The van der Waals surface area contributed by atoms with E-state index in [4.69, 9.17) is 22.1 Å². The predicted octanol–water partition coefficient (Wildman–Crippen LogP) is 2.17. The van der Waals surface area contributed by atoms with Crippen LogP contribution >= 0.6 is 11.6 Å². The fourth-order valence-corrected chi connectivity index (χ4v) is 3.30. The molecule has 2 aliphatic rings. The van der Waals surface area contributed by atoms with Crippen LogP contribution in [0.5, 0.6) is 0 Å². The van der Waals surface area contributed by atoms with E-state index in [0.717, 1.165) is 18.4 Å². The normalized spacial score (nSPS) is 32.9. The molecule has 3 rings (SSSR count). The lowest BCUT2D eigenvalue weighted by Gasteiger charge is -2.25. The third-order valence-corrected chi connectivity index (χ3v) is 4.36. The second-order valence-electron chi connectivity index (χ2n) is 5.11. The van der Waals surface area contributed by atoms with Crippen molar-refractivity contribution in [3.05, 3.63) is 29.0 Å². The van der Waals surface area contributed by atoms with E-state index >= 15 is 0 Å². The predicted molar refractivity (Wildman–Crippen MR) is 66.9 cm³/mol. The quantitative estimate of drug-likeness (QED) is 0.897. The van der Waals surface area contributed by atoms with Gasteiger partial charge in [-0.15, -0.1) is 0 Å². The van der Waals surface area contributed by atoms with Gasteiger partial charge in [0.25, 0.3) is 0 Å². The Kier molecular flexibility index (Phi) is 3.07. The van der Waals surface area contributed by atoms with Gasteiger partial charge in [0.2, 0.25) is 0 Å². The number of halogens is 1. The molecule has 2 bridgehead atoms. The summed E-state index contributed by atoms with van der Waals surface area (Å²) >= 11 is 6.10. The van der Waals surface area contributed by atoms with Crippen LogP contribution in [0.3, 0.4) is 0 Å². The maximum atomic E-state index is 6.31. The highest BCUT2D eigenvalue weighted by atomic mass is 35.5. The first kappa shape index (κ1) is 11.5. The Labute approximate surface area is 106 Å². The van der Waals surface area contributed by atoms with Gasteiger partial charge in [-0.2, -0.15) is 0 Å². The van der Waals surface area contributed by atoms with Crippen LogP contribution in [-0.2, 0) is 11.2 Å². The maximum absolute atomic E-state index is 6.31. The summed E-state index contributed by atoms with van der Waals surface area (Å²) < 4.78 is 5.85. The van der Waals surface area contributed by atoms with Crippen LogP contribution in [0.4, 0.5) is 0 Å². The smallest absolute Gasteiger partial charge is 0.0623 e. The van der Waals surface area contributed by atoms with E-state index in [-0.39, 0.29) is 6.04 Å². The van der Waals surface area contributed by atoms with Gasteiger partial charge in [-0.1, -0.05) is 11.6 Å². The minimum absolute atomic E-state index is 0.144. The van der Waals surface area contributed by atoms with Crippen molar-refractivity contribution >= 4 is 11.6 Å². The van der Waals surface area contributed by atoms with Crippen molar-refractivity contribution in [2.24, 2.45) is 11.7 Å². The number of nitrogens with zero attached hydrogens (tertiary/aromatic N) is 1. The lowest BCUT2D eigenvalue weighted by Crippen LogP contribution is -2.38. The molecule has 3 heterocycles. The molecule has 2 fully saturated rings. The first-order chi connectivity index (χ1) is 8.24. The number of ether oxygens (including phenoxy) is 1. The van der Waals surface area contributed by atoms with Crippen LogP contribution in [0.15, 0.2) is 18.5 Å². The summed E-state index contributed by atoms with van der Waals surface area (Å²) in [6, 6.07) is 2.10. The van der Waals surface area contributed by atoms with Crippen LogP contribution in [0.25, 0.3) is 0 Å². The van der Waals surface area contributed by atoms with Gasteiger partial charge in [0.05, 0.1) is 17.2 Å². The number of hydrogen-bond acceptors (Lipinski definition) is 3. The highest BCUT2D eigenvalue weighted by Gasteiger charge is 2.43. The molecule has 0 aliphatic carbocycles. The zero-order valence-corrected chi connectivity index (χ0v) is 10.4. The number of nitrogens with two attached hydrogens (primary N) is 1. The molecule has 17 heavy (non-hydrogen) atoms. The molecule has 0 saturated carbocycles. The van der Waals surface area contributed by atoms with E-state index in [9.17, 15) is 0 Å². The van der Waals surface area contributed by atoms with Gasteiger partial charge in [0, 0.05) is 24.4 Å². The summed E-state index contributed by atoms with van der Waals surface area (Å²) in [4.78, 5) is 3.99. The summed E-state index contributed by atoms with van der Waals surface area (Å²) in [7, 11) is 0. The van der Waals surface area contributed by atoms with E-state index in [1.54, 1.807) is 12.4 Å². The maximum Gasteiger partial charge on any atom is 0.0623 e. The molecule has 4 unspecified atom stereocenters. The summed E-state index contributed by atoms with van der Waals surface area (Å²) in [5, 5.41) is 0.715. The van der Waals surface area contributed by atoms with Gasteiger partial charge < -0.3 is 10.5 Å². The van der Waals surface area contributed by atoms with Crippen molar-refractivity contribution in [3.63, 3.8) is 0 Å². The molecule has 1 aromatic heterocycles. The molecule has 0 aromatic carbocycles. The third kappa shape index (κ3) is 2.19. The van der Waals surface area contributed by atoms with E-state index in [2.05, 4.69) is 4.98 Å². The molecule has 0 radical (unpaired) electrons. The van der Waals surface area contributed by atoms with Crippen molar-refractivity contribution < 1.29 is 4.74 Å². The van der Waals surface area contributed by atoms with Crippen molar-refractivity contribution in [2.75, 3.05) is 0 Å². The first-order valence-corrected chi connectivity index (χ1v) is 6.61. The van der Waals surface area contributed by atoms with E-state index in [1.807, 2.05) is 6.07 Å². The first-order valence-electron chi connectivity index (χ1n) is 6.23. The number of fused-ring (bicyclic) bond motifs is 2. The van der Waals surface area contributed by atoms with Crippen molar-refractivity contribution in [1.29, 1.82) is 0 Å². The van der Waals surface area contributed by atoms with E-state index in [1.165, 1.54) is 12.8 Å². The SMILES string of the molecule is NC(Cc1ccncc1Cl)C1CC2CCC1O2. The molecule has 2 N–H and O–H groups in total. The number of rotatable bonds is 3. The molecular formula is C13H17ClN2O. The molecule has 4 atom stereocenters. The summed E-state index contributed by atoms with van der Waals surface area (Å²) in [6.45, 7) is 0. The second kappa shape index (κ2) is 4.56. The lowest BCUT2D eigenvalue weighted by molar-refractivity contribution is 0.0885. The average molecular weight is 253 g/mol. The number of aromatic nitrogens is 1. The number of pyridine rings is 1. The average Bonchev–Trinajstić information content (AvgIpc) is 2.94.